The summed E-state index contributed by atoms with van der Waals surface area (Å²) in [5, 5.41) is 13.3. The van der Waals surface area contributed by atoms with Crippen molar-refractivity contribution in [1.82, 2.24) is 24.6 Å². The summed E-state index contributed by atoms with van der Waals surface area (Å²) in [5.41, 5.74) is -4.19. The van der Waals surface area contributed by atoms with Crippen molar-refractivity contribution in [2.45, 2.75) is 26.0 Å². The summed E-state index contributed by atoms with van der Waals surface area (Å²) in [6.07, 6.45) is 2.79. The van der Waals surface area contributed by atoms with Gasteiger partial charge in [-0.3, -0.25) is 4.98 Å². The highest BCUT2D eigenvalue weighted by Gasteiger charge is 2.19. The number of benzene rings is 1. The first-order chi connectivity index (χ1) is 17.5. The molecule has 144 valence electrons. The average molecular weight is 399 g/mol. The van der Waals surface area contributed by atoms with Gasteiger partial charge in [0.1, 0.15) is 17.7 Å². The van der Waals surface area contributed by atoms with Gasteiger partial charge in [-0.1, -0.05) is 20.6 Å². The molecule has 1 aromatic carbocycles. The molecule has 4 rings (SSSR count). The van der Waals surface area contributed by atoms with E-state index in [0.29, 0.717) is 0 Å². The molecule has 0 aliphatic carbocycles. The summed E-state index contributed by atoms with van der Waals surface area (Å²) in [6, 6.07) is 6.37. The number of halogens is 2. The zero-order valence-electron chi connectivity index (χ0n) is 23.5. The van der Waals surface area contributed by atoms with Crippen molar-refractivity contribution < 1.29 is 21.1 Å². The number of nitriles is 1. The van der Waals surface area contributed by atoms with Gasteiger partial charge in [0.05, 0.1) is 41.2 Å². The molecule has 0 spiro atoms. The highest BCUT2D eigenvalue weighted by atomic mass is 19.1. The molecule has 0 bridgehead atoms. The number of aromatic nitrogens is 5. The van der Waals surface area contributed by atoms with Crippen molar-refractivity contribution in [3.05, 3.63) is 65.7 Å². The van der Waals surface area contributed by atoms with E-state index < -0.39 is 43.3 Å². The normalized spacial score (nSPS) is 17.5. The zero-order chi connectivity index (χ0) is 28.3. The van der Waals surface area contributed by atoms with Crippen LogP contribution in [0.25, 0.3) is 28.3 Å². The van der Waals surface area contributed by atoms with Crippen LogP contribution >= 0.6 is 0 Å². The molecule has 0 fully saturated rings. The van der Waals surface area contributed by atoms with Crippen LogP contribution in [0, 0.1) is 23.0 Å². The highest BCUT2D eigenvalue weighted by molar-refractivity contribution is 5.73. The van der Waals surface area contributed by atoms with Crippen LogP contribution in [0.3, 0.4) is 0 Å². The van der Waals surface area contributed by atoms with Crippen molar-refractivity contribution in [2.75, 3.05) is 0 Å². The Morgan fingerprint density at radius 2 is 1.93 bits per heavy atom. The molecule has 0 N–H and O–H groups in total. The SMILES string of the molecule is [2H]C([2H])([2H])C(c1cnn2c(-c3ccc(F)c(-c4ncc(F)cc4C#N)c3)cnc2n1)(C([2H])([2H])[2H])C([2H])([2H])[2H]. The van der Waals surface area contributed by atoms with E-state index in [4.69, 9.17) is 12.3 Å². The Morgan fingerprint density at radius 3 is 2.69 bits per heavy atom. The maximum Gasteiger partial charge on any atom is 0.251 e. The Morgan fingerprint density at radius 1 is 1.10 bits per heavy atom. The molecule has 0 atom stereocenters. The lowest BCUT2D eigenvalue weighted by Crippen LogP contribution is -2.15. The molecule has 0 aliphatic heterocycles. The van der Waals surface area contributed by atoms with E-state index >= 15 is 0 Å². The van der Waals surface area contributed by atoms with E-state index in [1.54, 1.807) is 6.07 Å². The van der Waals surface area contributed by atoms with Gasteiger partial charge in [-0.15, -0.1) is 0 Å². The molecule has 8 heteroatoms. The smallest absolute Gasteiger partial charge is 0.251 e. The number of rotatable bonds is 2. The topological polar surface area (TPSA) is 79.8 Å². The fourth-order valence-corrected chi connectivity index (χ4v) is 2.76. The lowest BCUT2D eigenvalue weighted by Gasteiger charge is -2.16. The maximum atomic E-state index is 14.7. The van der Waals surface area contributed by atoms with Crippen LogP contribution in [-0.2, 0) is 5.41 Å². The largest absolute Gasteiger partial charge is 0.252 e. The van der Waals surface area contributed by atoms with Crippen molar-refractivity contribution in [1.29, 1.82) is 5.26 Å². The molecule has 0 amide bonds. The predicted molar refractivity (Wildman–Crippen MR) is 103 cm³/mol. The third-order valence-electron chi connectivity index (χ3n) is 4.11. The first-order valence-electron chi connectivity index (χ1n) is 12.6. The fourth-order valence-electron chi connectivity index (χ4n) is 2.76. The van der Waals surface area contributed by atoms with E-state index in [2.05, 4.69) is 20.1 Å². The van der Waals surface area contributed by atoms with Gasteiger partial charge in [0, 0.05) is 28.9 Å². The summed E-state index contributed by atoms with van der Waals surface area (Å²) in [4.78, 5) is 11.8. The van der Waals surface area contributed by atoms with Crippen LogP contribution in [-0.4, -0.2) is 24.6 Å². The molecular weight excluding hydrogens is 374 g/mol. The van der Waals surface area contributed by atoms with Gasteiger partial charge in [-0.2, -0.15) is 14.9 Å². The first-order valence-corrected chi connectivity index (χ1v) is 8.10. The summed E-state index contributed by atoms with van der Waals surface area (Å²) < 4.78 is 99.8. The van der Waals surface area contributed by atoms with Crippen LogP contribution < -0.4 is 0 Å². The summed E-state index contributed by atoms with van der Waals surface area (Å²) in [5.74, 6) is -1.86. The Labute approximate surface area is 178 Å². The number of hydrogen-bond acceptors (Lipinski definition) is 5. The second kappa shape index (κ2) is 6.71. The number of nitrogens with zero attached hydrogens (tertiary/aromatic N) is 6. The van der Waals surface area contributed by atoms with Gasteiger partial charge in [-0.25, -0.2) is 18.7 Å². The number of hydrogen-bond donors (Lipinski definition) is 0. The first kappa shape index (κ1) is 10.7. The van der Waals surface area contributed by atoms with E-state index in [0.717, 1.165) is 29.0 Å². The Bertz CT molecular complexity index is 1550. The standard InChI is InChI=1S/C21H16F2N6/c1-21(2,3)18-11-27-29-17(10-26-20(29)28-18)12-4-5-16(23)15(7-12)19-13(8-24)6-14(22)9-25-19/h4-7,9-11H,1-3H3/i1D3,2D3,3D3. The van der Waals surface area contributed by atoms with Gasteiger partial charge in [-0.05, 0) is 24.3 Å². The van der Waals surface area contributed by atoms with Crippen LogP contribution in [0.1, 0.15) is 44.1 Å². The quantitative estimate of drug-likeness (QED) is 0.502. The van der Waals surface area contributed by atoms with E-state index in [1.807, 2.05) is 0 Å². The molecular formula is C21H16F2N6. The summed E-state index contributed by atoms with van der Waals surface area (Å²) >= 11 is 0. The van der Waals surface area contributed by atoms with Crippen LogP contribution in [0.2, 0.25) is 0 Å². The van der Waals surface area contributed by atoms with Crippen molar-refractivity contribution in [2.24, 2.45) is 0 Å². The van der Waals surface area contributed by atoms with Crippen molar-refractivity contribution in [3.8, 4) is 28.6 Å². The minimum atomic E-state index is -3.53. The van der Waals surface area contributed by atoms with Crippen molar-refractivity contribution in [3.63, 3.8) is 0 Å². The van der Waals surface area contributed by atoms with Crippen LogP contribution in [0.4, 0.5) is 8.78 Å². The molecule has 0 radical (unpaired) electrons. The van der Waals surface area contributed by atoms with Gasteiger partial charge in [0.15, 0.2) is 0 Å². The minimum absolute atomic E-state index is 0.117. The fraction of sp³-hybridized carbons (Fsp3) is 0.190. The molecule has 4 aromatic rings. The van der Waals surface area contributed by atoms with Crippen molar-refractivity contribution >= 4 is 5.78 Å². The molecule has 0 aliphatic rings. The average Bonchev–Trinajstić information content (AvgIpc) is 3.20. The number of imidazole rings is 1. The Balaban J connectivity index is 1.91. The van der Waals surface area contributed by atoms with Crippen LogP contribution in [0.15, 0.2) is 42.9 Å². The van der Waals surface area contributed by atoms with Gasteiger partial charge < -0.3 is 0 Å². The van der Waals surface area contributed by atoms with E-state index in [9.17, 15) is 14.0 Å². The van der Waals surface area contributed by atoms with Gasteiger partial charge in [0.25, 0.3) is 5.78 Å². The second-order valence-electron chi connectivity index (χ2n) is 6.10. The molecule has 3 aromatic heterocycles. The maximum absolute atomic E-state index is 14.7. The molecule has 0 saturated heterocycles. The Hall–Kier alpha value is -3.73. The lowest BCUT2D eigenvalue weighted by molar-refractivity contribution is 0.562. The molecule has 0 unspecified atom stereocenters. The zero-order valence-corrected chi connectivity index (χ0v) is 14.5. The second-order valence-corrected chi connectivity index (χ2v) is 6.10. The number of fused-ring (bicyclic) bond motifs is 1. The monoisotopic (exact) mass is 399 g/mol. The summed E-state index contributed by atoms with van der Waals surface area (Å²) in [6.45, 7) is -10.6. The summed E-state index contributed by atoms with van der Waals surface area (Å²) in [7, 11) is 0. The molecule has 3 heterocycles. The minimum Gasteiger partial charge on any atom is -0.252 e. The lowest BCUT2D eigenvalue weighted by atomic mass is 9.93. The third-order valence-corrected chi connectivity index (χ3v) is 4.11. The van der Waals surface area contributed by atoms with E-state index in [1.165, 1.54) is 18.3 Å². The highest BCUT2D eigenvalue weighted by Crippen LogP contribution is 2.30. The van der Waals surface area contributed by atoms with Gasteiger partial charge in [0.2, 0.25) is 0 Å². The molecule has 0 saturated carbocycles. The molecule has 6 nitrogen and oxygen atoms in total. The third kappa shape index (κ3) is 3.31. The molecule has 29 heavy (non-hydrogen) atoms. The number of pyridine rings is 1. The Kier molecular flexibility index (Phi) is 2.48. The van der Waals surface area contributed by atoms with Crippen LogP contribution in [0.5, 0.6) is 0 Å². The van der Waals surface area contributed by atoms with Gasteiger partial charge >= 0.3 is 0 Å². The predicted octanol–water partition coefficient (Wildman–Crippen LogP) is 4.30. The van der Waals surface area contributed by atoms with E-state index in [-0.39, 0.29) is 33.9 Å².